The van der Waals surface area contributed by atoms with E-state index in [1.807, 2.05) is 36.4 Å². The van der Waals surface area contributed by atoms with Gasteiger partial charge in [-0.15, -0.1) is 0 Å². The van der Waals surface area contributed by atoms with Crippen molar-refractivity contribution in [1.29, 1.82) is 0 Å². The van der Waals surface area contributed by atoms with Gasteiger partial charge in [0.05, 0.1) is 6.61 Å². The van der Waals surface area contributed by atoms with Crippen LogP contribution in [0.15, 0.2) is 72.8 Å². The zero-order chi connectivity index (χ0) is 30.9. The molecule has 0 saturated carbocycles. The number of amides is 4. The van der Waals surface area contributed by atoms with Gasteiger partial charge in [-0.2, -0.15) is 0 Å². The van der Waals surface area contributed by atoms with Gasteiger partial charge in [0.1, 0.15) is 17.8 Å². The molecule has 2 aromatic rings. The van der Waals surface area contributed by atoms with Crippen LogP contribution >= 0.6 is 0 Å². The van der Waals surface area contributed by atoms with E-state index in [0.717, 1.165) is 5.56 Å². The molecule has 0 aromatic heterocycles. The third kappa shape index (κ3) is 12.7. The summed E-state index contributed by atoms with van der Waals surface area (Å²) >= 11 is 0. The number of carbonyl (C=O) groups is 5. The fourth-order valence-electron chi connectivity index (χ4n) is 3.92. The van der Waals surface area contributed by atoms with E-state index in [-0.39, 0.29) is 38.4 Å². The zero-order valence-corrected chi connectivity index (χ0v) is 24.2. The maximum absolute atomic E-state index is 13.5. The fourth-order valence-corrected chi connectivity index (χ4v) is 3.92. The molecule has 0 radical (unpaired) electrons. The third-order valence-corrected chi connectivity index (χ3v) is 6.07. The number of rotatable bonds is 17. The fraction of sp³-hybridized carbons (Fsp3) is 0.387. The number of benzene rings is 2. The normalized spacial score (nSPS) is 13.0. The molecular weight excluding hydrogens is 540 g/mol. The maximum Gasteiger partial charge on any atom is 0.330 e. The molecule has 0 aliphatic heterocycles. The largest absolute Gasteiger partial charge is 0.484 e. The number of esters is 1. The molecule has 0 heterocycles. The van der Waals surface area contributed by atoms with Gasteiger partial charge in [-0.05, 0) is 37.0 Å². The molecule has 0 fully saturated rings. The molecule has 42 heavy (non-hydrogen) atoms. The first-order chi connectivity index (χ1) is 20.1. The quantitative estimate of drug-likeness (QED) is 0.164. The summed E-state index contributed by atoms with van der Waals surface area (Å²) in [4.78, 5) is 62.7. The second-order valence-electron chi connectivity index (χ2n) is 9.87. The molecule has 11 nitrogen and oxygen atoms in total. The number of para-hydroxylation sites is 1. The van der Waals surface area contributed by atoms with Crippen LogP contribution in [-0.4, -0.2) is 60.9 Å². The second-order valence-corrected chi connectivity index (χ2v) is 9.87. The van der Waals surface area contributed by atoms with Crippen molar-refractivity contribution >= 4 is 29.6 Å². The van der Waals surface area contributed by atoms with Gasteiger partial charge in [-0.3, -0.25) is 19.2 Å². The molecule has 2 aromatic carbocycles. The van der Waals surface area contributed by atoms with Crippen LogP contribution in [0.4, 0.5) is 0 Å². The molecule has 3 unspecified atom stereocenters. The molecule has 2 rings (SSSR count). The van der Waals surface area contributed by atoms with Crippen molar-refractivity contribution in [3.8, 4) is 5.75 Å². The van der Waals surface area contributed by atoms with Gasteiger partial charge in [0.15, 0.2) is 6.61 Å². The van der Waals surface area contributed by atoms with Crippen molar-refractivity contribution in [1.82, 2.24) is 16.0 Å². The lowest BCUT2D eigenvalue weighted by molar-refractivity contribution is -0.137. The van der Waals surface area contributed by atoms with Gasteiger partial charge in [-0.1, -0.05) is 68.5 Å². The molecule has 0 saturated heterocycles. The number of ether oxygens (including phenoxy) is 2. The van der Waals surface area contributed by atoms with Crippen molar-refractivity contribution in [3.05, 3.63) is 78.4 Å². The van der Waals surface area contributed by atoms with Crippen LogP contribution in [-0.2, 0) is 35.1 Å². The Hall–Kier alpha value is -4.67. The van der Waals surface area contributed by atoms with Gasteiger partial charge in [-0.25, -0.2) is 4.79 Å². The Morgan fingerprint density at radius 3 is 2.12 bits per heavy atom. The SMILES string of the molecule is CCOC(=O)/C=C/C(CCC(N)=O)NC(=O)C(Cc1ccccc1)NC(=O)C(NC(=O)COc1ccccc1)C(C)C. The average Bonchev–Trinajstić information content (AvgIpc) is 2.96. The molecule has 4 amide bonds. The predicted octanol–water partition coefficient (Wildman–Crippen LogP) is 1.80. The van der Waals surface area contributed by atoms with Crippen LogP contribution < -0.4 is 26.4 Å². The highest BCUT2D eigenvalue weighted by atomic mass is 16.5. The van der Waals surface area contributed by atoms with Gasteiger partial charge in [0.2, 0.25) is 17.7 Å². The smallest absolute Gasteiger partial charge is 0.330 e. The number of hydrogen-bond donors (Lipinski definition) is 4. The number of primary amides is 1. The molecule has 11 heteroatoms. The Morgan fingerprint density at radius 1 is 0.881 bits per heavy atom. The van der Waals surface area contributed by atoms with E-state index in [9.17, 15) is 24.0 Å². The van der Waals surface area contributed by atoms with Crippen LogP contribution in [0.25, 0.3) is 0 Å². The van der Waals surface area contributed by atoms with Crippen molar-refractivity contribution in [3.63, 3.8) is 0 Å². The summed E-state index contributed by atoms with van der Waals surface area (Å²) in [5.74, 6) is -2.55. The summed E-state index contributed by atoms with van der Waals surface area (Å²) in [6.07, 6.45) is 2.83. The van der Waals surface area contributed by atoms with Gasteiger partial charge >= 0.3 is 5.97 Å². The minimum Gasteiger partial charge on any atom is -0.484 e. The van der Waals surface area contributed by atoms with Crippen molar-refractivity contribution < 1.29 is 33.4 Å². The highest BCUT2D eigenvalue weighted by Gasteiger charge is 2.30. The predicted molar refractivity (Wildman–Crippen MR) is 157 cm³/mol. The molecule has 0 aliphatic rings. The maximum atomic E-state index is 13.5. The summed E-state index contributed by atoms with van der Waals surface area (Å²) in [6.45, 7) is 5.10. The lowest BCUT2D eigenvalue weighted by atomic mass is 10.0. The topological polar surface area (TPSA) is 166 Å². The van der Waals surface area contributed by atoms with E-state index >= 15 is 0 Å². The summed E-state index contributed by atoms with van der Waals surface area (Å²) in [5, 5.41) is 8.24. The van der Waals surface area contributed by atoms with E-state index in [0.29, 0.717) is 5.75 Å². The number of hydrogen-bond acceptors (Lipinski definition) is 7. The molecule has 3 atom stereocenters. The van der Waals surface area contributed by atoms with Crippen LogP contribution in [0.1, 0.15) is 39.2 Å². The minimum absolute atomic E-state index is 0.0413. The summed E-state index contributed by atoms with van der Waals surface area (Å²) < 4.78 is 10.4. The average molecular weight is 581 g/mol. The molecule has 226 valence electrons. The molecule has 0 bridgehead atoms. The number of carbonyl (C=O) groups excluding carboxylic acids is 5. The third-order valence-electron chi connectivity index (χ3n) is 6.07. The van der Waals surface area contributed by atoms with E-state index in [1.165, 1.54) is 12.2 Å². The summed E-state index contributed by atoms with van der Waals surface area (Å²) in [7, 11) is 0. The van der Waals surface area contributed by atoms with Gasteiger partial charge in [0.25, 0.3) is 5.91 Å². The first kappa shape index (κ1) is 33.5. The first-order valence-corrected chi connectivity index (χ1v) is 13.8. The van der Waals surface area contributed by atoms with E-state index in [4.69, 9.17) is 15.2 Å². The minimum atomic E-state index is -1.04. The van der Waals surface area contributed by atoms with Gasteiger partial charge < -0.3 is 31.2 Å². The number of nitrogens with one attached hydrogen (secondary N) is 3. The highest BCUT2D eigenvalue weighted by molar-refractivity contribution is 5.93. The molecule has 5 N–H and O–H groups in total. The Balaban J connectivity index is 2.18. The van der Waals surface area contributed by atoms with Crippen molar-refractivity contribution in [2.24, 2.45) is 11.7 Å². The Kier molecular flexibility index (Phi) is 14.3. The molecule has 0 spiro atoms. The molecule has 0 aliphatic carbocycles. The lowest BCUT2D eigenvalue weighted by Crippen LogP contribution is -2.57. The Bertz CT molecular complexity index is 1200. The van der Waals surface area contributed by atoms with E-state index < -0.39 is 47.7 Å². The Morgan fingerprint density at radius 2 is 1.52 bits per heavy atom. The second kappa shape index (κ2) is 17.9. The van der Waals surface area contributed by atoms with Crippen LogP contribution in [0.3, 0.4) is 0 Å². The van der Waals surface area contributed by atoms with E-state index in [1.54, 1.807) is 45.0 Å². The van der Waals surface area contributed by atoms with Crippen LogP contribution in [0.5, 0.6) is 5.75 Å². The Labute approximate surface area is 246 Å². The number of nitrogens with two attached hydrogens (primary N) is 1. The monoisotopic (exact) mass is 580 g/mol. The van der Waals surface area contributed by atoms with Crippen LogP contribution in [0, 0.1) is 5.92 Å². The van der Waals surface area contributed by atoms with E-state index in [2.05, 4.69) is 16.0 Å². The standard InChI is InChI=1S/C31H40N4O7/c1-4-41-28(38)18-16-23(15-17-26(32)36)33-30(39)25(19-22-11-7-5-8-12-22)34-31(40)29(21(2)3)35-27(37)20-42-24-13-9-6-10-14-24/h5-14,16,18,21,23,25,29H,4,15,17,19-20H2,1-3H3,(H2,32,36)(H,33,39)(H,34,40)(H,35,37)/b18-16+. The lowest BCUT2D eigenvalue weighted by Gasteiger charge is -2.26. The summed E-state index contributed by atoms with van der Waals surface area (Å²) in [6, 6.07) is 15.2. The molecular formula is C31H40N4O7. The van der Waals surface area contributed by atoms with Gasteiger partial charge in [0, 0.05) is 25.0 Å². The van der Waals surface area contributed by atoms with Crippen molar-refractivity contribution in [2.75, 3.05) is 13.2 Å². The van der Waals surface area contributed by atoms with Crippen molar-refractivity contribution in [2.45, 2.75) is 58.2 Å². The van der Waals surface area contributed by atoms with Crippen LogP contribution in [0.2, 0.25) is 0 Å². The zero-order valence-electron chi connectivity index (χ0n) is 24.2. The highest BCUT2D eigenvalue weighted by Crippen LogP contribution is 2.10. The first-order valence-electron chi connectivity index (χ1n) is 13.8. The summed E-state index contributed by atoms with van der Waals surface area (Å²) in [5.41, 5.74) is 6.08.